The summed E-state index contributed by atoms with van der Waals surface area (Å²) in [6, 6.07) is 8.89. The molecular weight excluding hydrogens is 404 g/mol. The quantitative estimate of drug-likeness (QED) is 0.460. The number of nitro groups is 1. The van der Waals surface area contributed by atoms with Crippen LogP contribution in [-0.2, 0) is 14.8 Å². The first kappa shape index (κ1) is 20.2. The normalized spacial score (nSPS) is 14.4. The number of hydrogen-bond acceptors (Lipinski definition) is 6. The molecule has 0 saturated heterocycles. The molecule has 0 aliphatic carbocycles. The summed E-state index contributed by atoms with van der Waals surface area (Å²) in [4.78, 5) is 22.0. The largest absolute Gasteiger partial charge is 0.480 e. The minimum Gasteiger partial charge on any atom is -0.480 e. The summed E-state index contributed by atoms with van der Waals surface area (Å²) in [6.07, 6.45) is 0. The van der Waals surface area contributed by atoms with E-state index >= 15 is 0 Å². The van der Waals surface area contributed by atoms with Gasteiger partial charge in [0.05, 0.1) is 9.82 Å². The Kier molecular flexibility index (Phi) is 4.90. The Balaban J connectivity index is 2.11. The second kappa shape index (κ2) is 6.80. The van der Waals surface area contributed by atoms with E-state index in [0.717, 1.165) is 4.70 Å². The molecule has 0 spiro atoms. The van der Waals surface area contributed by atoms with E-state index in [9.17, 15) is 28.4 Å². The molecule has 2 aromatic carbocycles. The number of hydrogen-bond donors (Lipinski definition) is 2. The van der Waals surface area contributed by atoms with Crippen LogP contribution in [0.1, 0.15) is 20.8 Å². The van der Waals surface area contributed by atoms with Gasteiger partial charge in [0.1, 0.15) is 5.54 Å². The standard InChI is InChI=1S/C18H18N2O6S2/c1-10(2)18(3,17(21)22)19-28(25,26)12-5-7-15-14(9-12)13-6-4-11(20(23)24)8-16(13)27-15/h4-10,19H,1-3H3,(H,21,22)/t18-/m1/s1. The zero-order chi connectivity index (χ0) is 20.9. The van der Waals surface area contributed by atoms with Gasteiger partial charge in [-0.05, 0) is 37.1 Å². The summed E-state index contributed by atoms with van der Waals surface area (Å²) >= 11 is 1.32. The van der Waals surface area contributed by atoms with Gasteiger partial charge in [0.25, 0.3) is 5.69 Å². The van der Waals surface area contributed by atoms with Crippen LogP contribution in [0, 0.1) is 16.0 Å². The van der Waals surface area contributed by atoms with Gasteiger partial charge in [-0.25, -0.2) is 8.42 Å². The number of aliphatic carboxylic acids is 1. The first-order valence-corrected chi connectivity index (χ1v) is 10.6. The molecule has 3 aromatic rings. The number of nitro benzene ring substituents is 1. The van der Waals surface area contributed by atoms with Crippen molar-refractivity contribution in [3.05, 3.63) is 46.5 Å². The molecule has 0 unspecified atom stereocenters. The number of benzene rings is 2. The smallest absolute Gasteiger partial charge is 0.324 e. The van der Waals surface area contributed by atoms with E-state index in [0.29, 0.717) is 15.5 Å². The van der Waals surface area contributed by atoms with Gasteiger partial charge < -0.3 is 5.11 Å². The van der Waals surface area contributed by atoms with Crippen LogP contribution >= 0.6 is 11.3 Å². The topological polar surface area (TPSA) is 127 Å². The summed E-state index contributed by atoms with van der Waals surface area (Å²) in [5, 5.41) is 21.8. The summed E-state index contributed by atoms with van der Waals surface area (Å²) in [6.45, 7) is 4.58. The van der Waals surface area contributed by atoms with Crippen molar-refractivity contribution in [3.63, 3.8) is 0 Å². The van der Waals surface area contributed by atoms with Crippen LogP contribution in [0.5, 0.6) is 0 Å². The van der Waals surface area contributed by atoms with Crippen LogP contribution < -0.4 is 4.72 Å². The maximum atomic E-state index is 12.8. The molecule has 0 aliphatic heterocycles. The molecule has 8 nitrogen and oxygen atoms in total. The summed E-state index contributed by atoms with van der Waals surface area (Å²) < 4.78 is 29.4. The van der Waals surface area contributed by atoms with Crippen molar-refractivity contribution in [2.75, 3.05) is 0 Å². The third kappa shape index (κ3) is 3.34. The molecule has 0 bridgehead atoms. The van der Waals surface area contributed by atoms with E-state index in [1.165, 1.54) is 42.5 Å². The van der Waals surface area contributed by atoms with Gasteiger partial charge in [-0.15, -0.1) is 11.3 Å². The predicted octanol–water partition coefficient (Wildman–Crippen LogP) is 3.74. The molecule has 1 aromatic heterocycles. The molecule has 1 heterocycles. The van der Waals surface area contributed by atoms with Crippen molar-refractivity contribution in [3.8, 4) is 0 Å². The van der Waals surface area contributed by atoms with E-state index in [4.69, 9.17) is 0 Å². The van der Waals surface area contributed by atoms with Crippen LogP contribution in [-0.4, -0.2) is 30.0 Å². The number of thiophene rings is 1. The highest BCUT2D eigenvalue weighted by Gasteiger charge is 2.40. The number of rotatable bonds is 6. The minimum absolute atomic E-state index is 0.0391. The molecule has 0 saturated carbocycles. The van der Waals surface area contributed by atoms with Gasteiger partial charge in [-0.2, -0.15) is 4.72 Å². The SMILES string of the molecule is CC(C)[C@@](C)(NS(=O)(=O)c1ccc2sc3cc([N+](=O)[O-])ccc3c2c1)C(=O)O. The number of fused-ring (bicyclic) bond motifs is 3. The lowest BCUT2D eigenvalue weighted by Gasteiger charge is -2.29. The summed E-state index contributed by atoms with van der Waals surface area (Å²) in [7, 11) is -4.10. The van der Waals surface area contributed by atoms with Crippen LogP contribution in [0.3, 0.4) is 0 Å². The van der Waals surface area contributed by atoms with Crippen molar-refractivity contribution in [2.24, 2.45) is 5.92 Å². The molecule has 10 heteroatoms. The fourth-order valence-electron chi connectivity index (χ4n) is 2.77. The van der Waals surface area contributed by atoms with Crippen molar-refractivity contribution < 1.29 is 23.2 Å². The first-order valence-electron chi connectivity index (χ1n) is 8.34. The Labute approximate surface area is 165 Å². The number of nitrogens with zero attached hydrogens (tertiary/aromatic N) is 1. The Morgan fingerprint density at radius 1 is 1.18 bits per heavy atom. The minimum atomic E-state index is -4.10. The fraction of sp³-hybridized carbons (Fsp3) is 0.278. The maximum absolute atomic E-state index is 12.8. The zero-order valence-electron chi connectivity index (χ0n) is 15.3. The number of carboxylic acids is 1. The molecule has 0 aliphatic rings. The number of nitrogens with one attached hydrogen (secondary N) is 1. The van der Waals surface area contributed by atoms with Gasteiger partial charge in [0, 0.05) is 32.3 Å². The van der Waals surface area contributed by atoms with Crippen molar-refractivity contribution in [1.29, 1.82) is 0 Å². The van der Waals surface area contributed by atoms with Crippen LogP contribution in [0.25, 0.3) is 20.2 Å². The van der Waals surface area contributed by atoms with Gasteiger partial charge >= 0.3 is 5.97 Å². The molecular formula is C18H18N2O6S2. The number of non-ortho nitro benzene ring substituents is 1. The average Bonchev–Trinajstić information content (AvgIpc) is 2.97. The lowest BCUT2D eigenvalue weighted by atomic mass is 9.90. The van der Waals surface area contributed by atoms with E-state index in [-0.39, 0.29) is 10.6 Å². The molecule has 1 atom stereocenters. The second-order valence-electron chi connectivity index (χ2n) is 6.97. The summed E-state index contributed by atoms with van der Waals surface area (Å²) in [5.41, 5.74) is -1.70. The van der Waals surface area contributed by atoms with Gasteiger partial charge in [-0.1, -0.05) is 13.8 Å². The highest BCUT2D eigenvalue weighted by atomic mass is 32.2. The number of carboxylic acid groups (broad SMARTS) is 1. The monoisotopic (exact) mass is 422 g/mol. The van der Waals surface area contributed by atoms with Crippen LogP contribution in [0.15, 0.2) is 41.3 Å². The Bertz CT molecular complexity index is 1220. The molecule has 0 amide bonds. The highest BCUT2D eigenvalue weighted by molar-refractivity contribution is 7.89. The van der Waals surface area contributed by atoms with E-state index in [2.05, 4.69) is 4.72 Å². The van der Waals surface area contributed by atoms with Crippen LogP contribution in [0.2, 0.25) is 0 Å². The molecule has 3 rings (SSSR count). The first-order chi connectivity index (χ1) is 13.0. The lowest BCUT2D eigenvalue weighted by molar-refractivity contribution is -0.384. The number of sulfonamides is 1. The zero-order valence-corrected chi connectivity index (χ0v) is 16.9. The van der Waals surface area contributed by atoms with Gasteiger partial charge in [0.15, 0.2) is 0 Å². The third-order valence-corrected chi connectivity index (χ3v) is 7.59. The molecule has 0 fully saturated rings. The van der Waals surface area contributed by atoms with Crippen molar-refractivity contribution in [2.45, 2.75) is 31.2 Å². The summed E-state index contributed by atoms with van der Waals surface area (Å²) in [5.74, 6) is -1.74. The molecule has 148 valence electrons. The van der Waals surface area contributed by atoms with Gasteiger partial charge in [-0.3, -0.25) is 14.9 Å². The maximum Gasteiger partial charge on any atom is 0.324 e. The van der Waals surface area contributed by atoms with Crippen molar-refractivity contribution >= 4 is 53.2 Å². The molecule has 28 heavy (non-hydrogen) atoms. The van der Waals surface area contributed by atoms with E-state index < -0.39 is 32.4 Å². The van der Waals surface area contributed by atoms with Crippen molar-refractivity contribution in [1.82, 2.24) is 4.72 Å². The molecule has 0 radical (unpaired) electrons. The van der Waals surface area contributed by atoms with E-state index in [1.807, 2.05) is 0 Å². The highest BCUT2D eigenvalue weighted by Crippen LogP contribution is 2.37. The third-order valence-electron chi connectivity index (χ3n) is 4.89. The van der Waals surface area contributed by atoms with Gasteiger partial charge in [0.2, 0.25) is 10.0 Å². The lowest BCUT2D eigenvalue weighted by Crippen LogP contribution is -2.55. The van der Waals surface area contributed by atoms with E-state index in [1.54, 1.807) is 26.0 Å². The fourth-order valence-corrected chi connectivity index (χ4v) is 5.41. The Morgan fingerprint density at radius 2 is 1.86 bits per heavy atom. The Morgan fingerprint density at radius 3 is 2.43 bits per heavy atom. The second-order valence-corrected chi connectivity index (χ2v) is 9.73. The number of carbonyl (C=O) groups is 1. The van der Waals surface area contributed by atoms with Crippen LogP contribution in [0.4, 0.5) is 5.69 Å². The average molecular weight is 422 g/mol. The Hall–Kier alpha value is -2.56. The molecule has 2 N–H and O–H groups in total. The predicted molar refractivity (Wildman–Crippen MR) is 107 cm³/mol.